The molecule has 3 atom stereocenters. The lowest BCUT2D eigenvalue weighted by Gasteiger charge is -2.16. The molecule has 3 unspecified atom stereocenters. The Morgan fingerprint density at radius 1 is 1.31 bits per heavy atom. The van der Waals surface area contributed by atoms with Crippen LogP contribution in [-0.2, 0) is 4.79 Å². The first-order valence-electron chi connectivity index (χ1n) is 6.28. The Hall–Kier alpha value is -0.280. The third kappa shape index (κ3) is 2.21. The molecule has 3 nitrogen and oxygen atoms in total. The van der Waals surface area contributed by atoms with Crippen LogP contribution in [0.15, 0.2) is 0 Å². The number of carbonyl (C=O) groups is 1. The Balaban J connectivity index is 0.000000963. The maximum Gasteiger partial charge on any atom is 0.225 e. The third-order valence-electron chi connectivity index (χ3n) is 4.32. The minimum atomic E-state index is 0. The molecule has 0 bridgehead atoms. The van der Waals surface area contributed by atoms with Crippen molar-refractivity contribution in [2.45, 2.75) is 25.7 Å². The van der Waals surface area contributed by atoms with Gasteiger partial charge in [-0.2, -0.15) is 0 Å². The number of amides is 1. The van der Waals surface area contributed by atoms with E-state index in [9.17, 15) is 4.79 Å². The minimum Gasteiger partial charge on any atom is -0.342 e. The molecule has 92 valence electrons. The molecule has 2 saturated carbocycles. The van der Waals surface area contributed by atoms with Gasteiger partial charge < -0.3 is 10.6 Å². The molecular formula is C12H21ClN2O. The predicted molar refractivity (Wildman–Crippen MR) is 65.3 cm³/mol. The normalized spacial score (nSPS) is 37.1. The van der Waals surface area contributed by atoms with Crippen LogP contribution in [0.5, 0.6) is 0 Å². The third-order valence-corrected chi connectivity index (χ3v) is 4.32. The van der Waals surface area contributed by atoms with E-state index in [-0.39, 0.29) is 12.4 Å². The summed E-state index contributed by atoms with van der Waals surface area (Å²) in [5.41, 5.74) is 5.64. The Morgan fingerprint density at radius 2 is 2.06 bits per heavy atom. The predicted octanol–water partition coefficient (Wildman–Crippen LogP) is 1.26. The fraction of sp³-hybridized carbons (Fsp3) is 0.917. The van der Waals surface area contributed by atoms with Crippen molar-refractivity contribution in [1.82, 2.24) is 4.90 Å². The van der Waals surface area contributed by atoms with E-state index < -0.39 is 0 Å². The number of likely N-dealkylation sites (tertiary alicyclic amines) is 1. The van der Waals surface area contributed by atoms with Gasteiger partial charge in [-0.05, 0) is 50.0 Å². The fourth-order valence-corrected chi connectivity index (χ4v) is 3.00. The number of halogens is 1. The van der Waals surface area contributed by atoms with E-state index in [1.165, 1.54) is 19.3 Å². The van der Waals surface area contributed by atoms with Gasteiger partial charge in [0.1, 0.15) is 0 Å². The van der Waals surface area contributed by atoms with E-state index in [1.807, 2.05) is 0 Å². The summed E-state index contributed by atoms with van der Waals surface area (Å²) in [5, 5.41) is 0. The highest BCUT2D eigenvalue weighted by Gasteiger charge is 2.52. The number of carbonyl (C=O) groups excluding carboxylic acids is 1. The summed E-state index contributed by atoms with van der Waals surface area (Å²) < 4.78 is 0. The summed E-state index contributed by atoms with van der Waals surface area (Å²) in [6, 6.07) is 0. The summed E-state index contributed by atoms with van der Waals surface area (Å²) >= 11 is 0. The first-order valence-corrected chi connectivity index (χ1v) is 6.28. The summed E-state index contributed by atoms with van der Waals surface area (Å²) in [6.07, 6.45) is 5.04. The smallest absolute Gasteiger partial charge is 0.225 e. The first kappa shape index (κ1) is 12.2. The van der Waals surface area contributed by atoms with Gasteiger partial charge in [0.15, 0.2) is 0 Å². The van der Waals surface area contributed by atoms with Gasteiger partial charge in [-0.3, -0.25) is 4.79 Å². The van der Waals surface area contributed by atoms with Gasteiger partial charge >= 0.3 is 0 Å². The van der Waals surface area contributed by atoms with Gasteiger partial charge in [0.05, 0.1) is 0 Å². The molecule has 0 radical (unpaired) electrons. The molecule has 1 saturated heterocycles. The van der Waals surface area contributed by atoms with Crippen LogP contribution < -0.4 is 5.73 Å². The number of nitrogens with two attached hydrogens (primary N) is 1. The van der Waals surface area contributed by atoms with Gasteiger partial charge in [0, 0.05) is 19.0 Å². The summed E-state index contributed by atoms with van der Waals surface area (Å²) in [5.74, 6) is 3.06. The molecule has 2 N–H and O–H groups in total. The maximum absolute atomic E-state index is 12.1. The Labute approximate surface area is 103 Å². The topological polar surface area (TPSA) is 46.3 Å². The minimum absolute atomic E-state index is 0. The maximum atomic E-state index is 12.1. The molecule has 3 aliphatic rings. The van der Waals surface area contributed by atoms with E-state index in [2.05, 4.69) is 4.90 Å². The van der Waals surface area contributed by atoms with E-state index in [1.54, 1.807) is 0 Å². The molecule has 3 fully saturated rings. The zero-order valence-corrected chi connectivity index (χ0v) is 10.4. The van der Waals surface area contributed by atoms with Crippen LogP contribution in [0.4, 0.5) is 0 Å². The molecule has 0 aromatic carbocycles. The Bertz CT molecular complexity index is 280. The second-order valence-corrected chi connectivity index (χ2v) is 5.52. The first-order chi connectivity index (χ1) is 7.29. The number of hydrogen-bond donors (Lipinski definition) is 1. The molecule has 1 aliphatic heterocycles. The van der Waals surface area contributed by atoms with Gasteiger partial charge in [-0.25, -0.2) is 0 Å². The Kier molecular flexibility index (Phi) is 3.45. The molecule has 16 heavy (non-hydrogen) atoms. The zero-order chi connectivity index (χ0) is 10.4. The number of rotatable bonds is 3. The molecule has 4 heteroatoms. The van der Waals surface area contributed by atoms with Crippen molar-refractivity contribution < 1.29 is 4.79 Å². The lowest BCUT2D eigenvalue weighted by Crippen LogP contribution is -2.31. The van der Waals surface area contributed by atoms with Crippen LogP contribution in [0.25, 0.3) is 0 Å². The van der Waals surface area contributed by atoms with E-state index in [0.717, 1.165) is 37.9 Å². The van der Waals surface area contributed by atoms with Crippen molar-refractivity contribution in [2.75, 3.05) is 19.6 Å². The summed E-state index contributed by atoms with van der Waals surface area (Å²) in [4.78, 5) is 14.2. The molecule has 0 aromatic rings. The number of hydrogen-bond acceptors (Lipinski definition) is 2. The standard InChI is InChI=1S/C12H20N2O.ClH/c13-6-8-3-4-14(7-8)12(15)11-5-10(11)9-1-2-9;/h8-11H,1-7,13H2;1H. The zero-order valence-electron chi connectivity index (χ0n) is 9.60. The number of nitrogens with zero attached hydrogens (tertiary/aromatic N) is 1. The monoisotopic (exact) mass is 244 g/mol. The van der Waals surface area contributed by atoms with Crippen LogP contribution in [-0.4, -0.2) is 30.4 Å². The molecular weight excluding hydrogens is 224 g/mol. The van der Waals surface area contributed by atoms with Gasteiger partial charge in [0.2, 0.25) is 5.91 Å². The molecule has 1 heterocycles. The average Bonchev–Trinajstić information content (AvgIpc) is 3.11. The van der Waals surface area contributed by atoms with Crippen LogP contribution in [0.1, 0.15) is 25.7 Å². The van der Waals surface area contributed by atoms with Crippen LogP contribution in [0.2, 0.25) is 0 Å². The summed E-state index contributed by atoms with van der Waals surface area (Å²) in [6.45, 7) is 2.61. The summed E-state index contributed by atoms with van der Waals surface area (Å²) in [7, 11) is 0. The van der Waals surface area contributed by atoms with Crippen molar-refractivity contribution >= 4 is 18.3 Å². The van der Waals surface area contributed by atoms with Crippen LogP contribution in [0.3, 0.4) is 0 Å². The van der Waals surface area contributed by atoms with Crippen molar-refractivity contribution in [2.24, 2.45) is 29.4 Å². The van der Waals surface area contributed by atoms with E-state index in [0.29, 0.717) is 17.7 Å². The molecule has 0 aromatic heterocycles. The highest BCUT2D eigenvalue weighted by atomic mass is 35.5. The van der Waals surface area contributed by atoms with Crippen molar-refractivity contribution in [3.8, 4) is 0 Å². The van der Waals surface area contributed by atoms with E-state index >= 15 is 0 Å². The highest BCUT2D eigenvalue weighted by Crippen LogP contribution is 2.55. The quantitative estimate of drug-likeness (QED) is 0.813. The van der Waals surface area contributed by atoms with Gasteiger partial charge in [-0.15, -0.1) is 12.4 Å². The van der Waals surface area contributed by atoms with E-state index in [4.69, 9.17) is 5.73 Å². The molecule has 2 aliphatic carbocycles. The lowest BCUT2D eigenvalue weighted by molar-refractivity contribution is -0.132. The largest absolute Gasteiger partial charge is 0.342 e. The van der Waals surface area contributed by atoms with Crippen molar-refractivity contribution in [1.29, 1.82) is 0 Å². The molecule has 0 spiro atoms. The second kappa shape index (κ2) is 4.53. The lowest BCUT2D eigenvalue weighted by atomic mass is 10.1. The van der Waals surface area contributed by atoms with Crippen molar-refractivity contribution in [3.05, 3.63) is 0 Å². The van der Waals surface area contributed by atoms with Crippen LogP contribution >= 0.6 is 12.4 Å². The van der Waals surface area contributed by atoms with Gasteiger partial charge in [-0.1, -0.05) is 0 Å². The Morgan fingerprint density at radius 3 is 2.62 bits per heavy atom. The fourth-order valence-electron chi connectivity index (χ4n) is 3.00. The highest BCUT2D eigenvalue weighted by molar-refractivity contribution is 5.85. The molecule has 1 amide bonds. The second-order valence-electron chi connectivity index (χ2n) is 5.52. The SMILES string of the molecule is Cl.NCC1CCN(C(=O)C2CC2C2CC2)C1. The molecule has 3 rings (SSSR count). The van der Waals surface area contributed by atoms with Crippen molar-refractivity contribution in [3.63, 3.8) is 0 Å². The van der Waals surface area contributed by atoms with Gasteiger partial charge in [0.25, 0.3) is 0 Å². The average molecular weight is 245 g/mol. The van der Waals surface area contributed by atoms with Crippen LogP contribution in [0, 0.1) is 23.7 Å².